The number of nitrogens with zero attached hydrogens (tertiary/aromatic N) is 2. The Hall–Kier alpha value is -1.53. The van der Waals surface area contributed by atoms with Crippen LogP contribution in [0.5, 0.6) is 0 Å². The number of hydrogen-bond acceptors (Lipinski definition) is 4. The van der Waals surface area contributed by atoms with Crippen LogP contribution in [0.25, 0.3) is 11.6 Å². The number of carbonyl (C=O) groups excluding carboxylic acids is 1. The van der Waals surface area contributed by atoms with E-state index in [0.29, 0.717) is 23.8 Å². The molecule has 1 atom stereocenters. The van der Waals surface area contributed by atoms with Crippen molar-refractivity contribution in [1.82, 2.24) is 20.5 Å². The van der Waals surface area contributed by atoms with Crippen molar-refractivity contribution in [2.24, 2.45) is 5.41 Å². The van der Waals surface area contributed by atoms with Gasteiger partial charge < -0.3 is 9.73 Å². The fraction of sp³-hybridized carbons (Fsp3) is 0.417. The smallest absolute Gasteiger partial charge is 0.229 e. The fourth-order valence-corrected chi connectivity index (χ4v) is 2.60. The third kappa shape index (κ3) is 2.19. The molecule has 20 heavy (non-hydrogen) atoms. The lowest BCUT2D eigenvalue weighted by molar-refractivity contribution is -0.126. The van der Waals surface area contributed by atoms with Crippen molar-refractivity contribution >= 4 is 29.1 Å². The monoisotopic (exact) mass is 314 g/mol. The summed E-state index contributed by atoms with van der Waals surface area (Å²) in [7, 11) is 0. The second-order valence-corrected chi connectivity index (χ2v) is 6.46. The molecule has 1 amide bonds. The Morgan fingerprint density at radius 1 is 1.60 bits per heavy atom. The lowest BCUT2D eigenvalue weighted by atomic mass is 10.1. The van der Waals surface area contributed by atoms with E-state index in [4.69, 9.17) is 27.6 Å². The van der Waals surface area contributed by atoms with E-state index in [0.717, 1.165) is 0 Å². The molecule has 6 nitrogen and oxygen atoms in total. The number of aromatic nitrogens is 3. The molecular weight excluding hydrogens is 303 g/mol. The van der Waals surface area contributed by atoms with Gasteiger partial charge >= 0.3 is 0 Å². The van der Waals surface area contributed by atoms with E-state index < -0.39 is 9.75 Å². The topological polar surface area (TPSA) is 83.8 Å². The quantitative estimate of drug-likeness (QED) is 0.848. The van der Waals surface area contributed by atoms with E-state index in [-0.39, 0.29) is 12.5 Å². The summed E-state index contributed by atoms with van der Waals surface area (Å²) in [5.41, 5.74) is -0.736. The van der Waals surface area contributed by atoms with Crippen LogP contribution < -0.4 is 5.32 Å². The number of rotatable bonds is 4. The van der Waals surface area contributed by atoms with Crippen molar-refractivity contribution in [2.45, 2.75) is 24.2 Å². The normalized spacial score (nSPS) is 23.6. The summed E-state index contributed by atoms with van der Waals surface area (Å²) < 4.78 is 4.21. The molecule has 1 fully saturated rings. The van der Waals surface area contributed by atoms with Gasteiger partial charge in [-0.2, -0.15) is 0 Å². The van der Waals surface area contributed by atoms with Gasteiger partial charge in [0.05, 0.1) is 18.2 Å². The minimum absolute atomic E-state index is 0.196. The SMILES string of the molecule is CC1(C(=O)NCc2nc(-c3ccco3)n[nH]2)CC1(Cl)Cl. The Morgan fingerprint density at radius 3 is 2.95 bits per heavy atom. The first kappa shape index (κ1) is 13.5. The zero-order valence-corrected chi connectivity index (χ0v) is 12.1. The number of carbonyl (C=O) groups is 1. The van der Waals surface area contributed by atoms with E-state index in [2.05, 4.69) is 20.5 Å². The largest absolute Gasteiger partial charge is 0.461 e. The Morgan fingerprint density at radius 2 is 2.35 bits per heavy atom. The third-order valence-corrected chi connectivity index (χ3v) is 4.55. The highest BCUT2D eigenvalue weighted by Gasteiger charge is 2.67. The Balaban J connectivity index is 1.61. The van der Waals surface area contributed by atoms with Gasteiger partial charge in [0.15, 0.2) is 5.76 Å². The highest BCUT2D eigenvalue weighted by molar-refractivity contribution is 6.53. The zero-order valence-electron chi connectivity index (χ0n) is 10.6. The average Bonchev–Trinajstić information content (AvgIpc) is 2.92. The van der Waals surface area contributed by atoms with Gasteiger partial charge in [-0.25, -0.2) is 4.98 Å². The van der Waals surface area contributed by atoms with Gasteiger partial charge in [-0.1, -0.05) is 0 Å². The highest BCUT2D eigenvalue weighted by Crippen LogP contribution is 2.63. The second-order valence-electron chi connectivity index (χ2n) is 4.98. The van der Waals surface area contributed by atoms with Crippen LogP contribution >= 0.6 is 23.2 Å². The average molecular weight is 315 g/mol. The van der Waals surface area contributed by atoms with E-state index in [1.807, 2.05) is 0 Å². The Bertz CT molecular complexity index is 638. The predicted octanol–water partition coefficient (Wildman–Crippen LogP) is 2.26. The molecule has 2 heterocycles. The molecule has 0 aliphatic heterocycles. The molecule has 8 heteroatoms. The van der Waals surface area contributed by atoms with Gasteiger partial charge in [0.2, 0.25) is 11.7 Å². The number of nitrogens with one attached hydrogen (secondary N) is 2. The lowest BCUT2D eigenvalue weighted by Gasteiger charge is -2.11. The molecule has 1 aliphatic carbocycles. The molecule has 0 bridgehead atoms. The summed E-state index contributed by atoms with van der Waals surface area (Å²) in [5.74, 6) is 1.34. The first-order valence-electron chi connectivity index (χ1n) is 6.04. The van der Waals surface area contributed by atoms with Crippen molar-refractivity contribution in [3.63, 3.8) is 0 Å². The van der Waals surface area contributed by atoms with Gasteiger partial charge in [0.25, 0.3) is 0 Å². The molecule has 2 aromatic rings. The van der Waals surface area contributed by atoms with E-state index in [1.165, 1.54) is 0 Å². The second kappa shape index (κ2) is 4.49. The van der Waals surface area contributed by atoms with Crippen LogP contribution in [-0.2, 0) is 11.3 Å². The van der Waals surface area contributed by atoms with Gasteiger partial charge in [0, 0.05) is 0 Å². The first-order valence-corrected chi connectivity index (χ1v) is 6.79. The van der Waals surface area contributed by atoms with Crippen LogP contribution in [0.1, 0.15) is 19.2 Å². The van der Waals surface area contributed by atoms with Crippen molar-refractivity contribution in [2.75, 3.05) is 0 Å². The maximum atomic E-state index is 12.0. The summed E-state index contributed by atoms with van der Waals surface area (Å²) in [6, 6.07) is 3.51. The van der Waals surface area contributed by atoms with E-state index in [1.54, 1.807) is 25.3 Å². The van der Waals surface area contributed by atoms with Gasteiger partial charge in [-0.05, 0) is 25.5 Å². The van der Waals surface area contributed by atoms with Crippen molar-refractivity contribution < 1.29 is 9.21 Å². The molecule has 1 unspecified atom stereocenters. The summed E-state index contributed by atoms with van der Waals surface area (Å²) in [4.78, 5) is 16.2. The first-order chi connectivity index (χ1) is 9.42. The number of halogens is 2. The molecule has 0 radical (unpaired) electrons. The summed E-state index contributed by atoms with van der Waals surface area (Å²) in [5, 5.41) is 9.49. The van der Waals surface area contributed by atoms with Crippen LogP contribution in [0.3, 0.4) is 0 Å². The molecule has 1 saturated carbocycles. The molecule has 0 aromatic carbocycles. The third-order valence-electron chi connectivity index (χ3n) is 3.45. The highest BCUT2D eigenvalue weighted by atomic mass is 35.5. The molecule has 106 valence electrons. The molecule has 2 N–H and O–H groups in total. The fourth-order valence-electron chi connectivity index (χ4n) is 1.90. The zero-order chi connectivity index (χ0) is 14.4. The number of amides is 1. The molecule has 2 aromatic heterocycles. The standard InChI is InChI=1S/C12H12Cl2N4O2/c1-11(6-12(11,13)14)10(19)15-5-8-16-9(18-17-8)7-3-2-4-20-7/h2-4H,5-6H2,1H3,(H,15,19)(H,16,17,18). The van der Waals surface area contributed by atoms with Gasteiger partial charge in [0.1, 0.15) is 10.2 Å². The van der Waals surface area contributed by atoms with Gasteiger partial charge in [-0.15, -0.1) is 28.3 Å². The lowest BCUT2D eigenvalue weighted by Crippen LogP contribution is -2.33. The number of alkyl halides is 2. The number of H-pyrrole nitrogens is 1. The summed E-state index contributed by atoms with van der Waals surface area (Å²) >= 11 is 11.9. The van der Waals surface area contributed by atoms with Gasteiger partial charge in [-0.3, -0.25) is 9.89 Å². The van der Waals surface area contributed by atoms with Crippen LogP contribution in [0.4, 0.5) is 0 Å². The summed E-state index contributed by atoms with van der Waals surface area (Å²) in [6.07, 6.45) is 1.99. The van der Waals surface area contributed by atoms with Crippen molar-refractivity contribution in [1.29, 1.82) is 0 Å². The van der Waals surface area contributed by atoms with E-state index >= 15 is 0 Å². The van der Waals surface area contributed by atoms with E-state index in [9.17, 15) is 4.79 Å². The molecule has 0 saturated heterocycles. The molecule has 0 spiro atoms. The minimum Gasteiger partial charge on any atom is -0.461 e. The van der Waals surface area contributed by atoms with Crippen molar-refractivity contribution in [3.05, 3.63) is 24.2 Å². The maximum absolute atomic E-state index is 12.0. The van der Waals surface area contributed by atoms with Crippen LogP contribution in [0.15, 0.2) is 22.8 Å². The Labute approximate surface area is 124 Å². The Kier molecular flexibility index (Phi) is 3.02. The van der Waals surface area contributed by atoms with Crippen molar-refractivity contribution in [3.8, 4) is 11.6 Å². The minimum atomic E-state index is -0.974. The van der Waals surface area contributed by atoms with Crippen LogP contribution in [0.2, 0.25) is 0 Å². The molecular formula is C12H12Cl2N4O2. The predicted molar refractivity (Wildman–Crippen MR) is 73.1 cm³/mol. The number of aromatic amines is 1. The van der Waals surface area contributed by atoms with Crippen LogP contribution in [-0.4, -0.2) is 25.4 Å². The molecule has 1 aliphatic rings. The molecule has 3 rings (SSSR count). The maximum Gasteiger partial charge on any atom is 0.229 e. The number of furan rings is 1. The summed E-state index contributed by atoms with van der Waals surface area (Å²) in [6.45, 7) is 1.96. The van der Waals surface area contributed by atoms with Crippen LogP contribution in [0, 0.1) is 5.41 Å². The number of hydrogen-bond donors (Lipinski definition) is 2.